The molecule has 7 heteroatoms. The summed E-state index contributed by atoms with van der Waals surface area (Å²) in [5.41, 5.74) is 2.21. The number of fused-ring (bicyclic) bond motifs is 1. The number of carboxylic acid groups (broad SMARTS) is 1. The number of amides is 1. The second kappa shape index (κ2) is 6.92. The first kappa shape index (κ1) is 18.1. The van der Waals surface area contributed by atoms with Crippen LogP contribution in [-0.4, -0.2) is 42.6 Å². The summed E-state index contributed by atoms with van der Waals surface area (Å²) in [6.07, 6.45) is 1.17. The third-order valence-corrected chi connectivity index (χ3v) is 5.76. The lowest BCUT2D eigenvalue weighted by Gasteiger charge is -2.34. The molecular formula is C19H19NO5S. The van der Waals surface area contributed by atoms with Crippen molar-refractivity contribution in [3.63, 3.8) is 0 Å². The topological polar surface area (TPSA) is 91.8 Å². The van der Waals surface area contributed by atoms with Gasteiger partial charge in [-0.05, 0) is 22.8 Å². The van der Waals surface area contributed by atoms with E-state index in [1.165, 1.54) is 11.0 Å². The van der Waals surface area contributed by atoms with E-state index in [0.29, 0.717) is 5.56 Å². The fourth-order valence-corrected chi connectivity index (χ4v) is 4.22. The van der Waals surface area contributed by atoms with Gasteiger partial charge in [0.25, 0.3) is 0 Å². The van der Waals surface area contributed by atoms with Crippen molar-refractivity contribution in [2.45, 2.75) is 30.3 Å². The highest BCUT2D eigenvalue weighted by atomic mass is 32.2. The summed E-state index contributed by atoms with van der Waals surface area (Å²) in [4.78, 5) is 25.9. The number of hydrogen-bond acceptors (Lipinski definition) is 4. The molecule has 1 atom stereocenters. The molecule has 2 aromatic carbocycles. The fourth-order valence-electron chi connectivity index (χ4n) is 3.28. The Balaban J connectivity index is 1.91. The summed E-state index contributed by atoms with van der Waals surface area (Å²) in [5, 5.41) is 9.54. The molecule has 0 saturated carbocycles. The van der Waals surface area contributed by atoms with Crippen LogP contribution >= 0.6 is 0 Å². The number of carbonyl (C=O) groups excluding carboxylic acids is 1. The van der Waals surface area contributed by atoms with Crippen LogP contribution in [0.2, 0.25) is 0 Å². The number of nitrogens with zero attached hydrogens (tertiary/aromatic N) is 1. The van der Waals surface area contributed by atoms with Crippen LogP contribution in [0.5, 0.6) is 0 Å². The quantitative estimate of drug-likeness (QED) is 0.880. The van der Waals surface area contributed by atoms with E-state index in [2.05, 4.69) is 0 Å². The van der Waals surface area contributed by atoms with Crippen LogP contribution in [0.3, 0.4) is 0 Å². The van der Waals surface area contributed by atoms with Crippen molar-refractivity contribution in [1.82, 2.24) is 4.90 Å². The zero-order chi connectivity index (χ0) is 18.9. The van der Waals surface area contributed by atoms with Gasteiger partial charge in [-0.3, -0.25) is 4.79 Å². The largest absolute Gasteiger partial charge is 0.480 e. The summed E-state index contributed by atoms with van der Waals surface area (Å²) in [6, 6.07) is 12.8. The molecule has 26 heavy (non-hydrogen) atoms. The second-order valence-electron chi connectivity index (χ2n) is 6.41. The molecule has 0 aliphatic carbocycles. The van der Waals surface area contributed by atoms with Crippen molar-refractivity contribution >= 4 is 21.7 Å². The maximum Gasteiger partial charge on any atom is 0.326 e. The van der Waals surface area contributed by atoms with E-state index in [1.807, 2.05) is 24.3 Å². The first-order valence-electron chi connectivity index (χ1n) is 8.14. The molecule has 6 nitrogen and oxygen atoms in total. The lowest BCUT2D eigenvalue weighted by molar-refractivity contribution is -0.151. The maximum absolute atomic E-state index is 12.8. The molecule has 0 bridgehead atoms. The molecule has 136 valence electrons. The highest BCUT2D eigenvalue weighted by Crippen LogP contribution is 2.25. The van der Waals surface area contributed by atoms with Gasteiger partial charge in [0.2, 0.25) is 5.91 Å². The lowest BCUT2D eigenvalue weighted by atomic mass is 9.93. The average Bonchev–Trinajstić information content (AvgIpc) is 2.60. The van der Waals surface area contributed by atoms with Gasteiger partial charge in [-0.25, -0.2) is 13.2 Å². The molecular weight excluding hydrogens is 354 g/mol. The molecule has 1 N–H and O–H groups in total. The molecule has 1 aliphatic heterocycles. The van der Waals surface area contributed by atoms with E-state index in [1.54, 1.807) is 18.2 Å². The van der Waals surface area contributed by atoms with Crippen LogP contribution < -0.4 is 0 Å². The van der Waals surface area contributed by atoms with E-state index in [9.17, 15) is 23.1 Å². The number of aliphatic carboxylic acids is 1. The SMILES string of the molecule is CS(=O)(=O)c1ccccc1CC(=O)N1Cc2ccccc2CC1C(=O)O. The molecule has 0 saturated heterocycles. The maximum atomic E-state index is 12.8. The van der Waals surface area contributed by atoms with Crippen LogP contribution in [0.1, 0.15) is 16.7 Å². The van der Waals surface area contributed by atoms with E-state index in [-0.39, 0.29) is 24.3 Å². The molecule has 1 unspecified atom stereocenters. The highest BCUT2D eigenvalue weighted by Gasteiger charge is 2.34. The summed E-state index contributed by atoms with van der Waals surface area (Å²) in [5.74, 6) is -1.47. The zero-order valence-corrected chi connectivity index (χ0v) is 15.1. The van der Waals surface area contributed by atoms with E-state index in [4.69, 9.17) is 0 Å². The minimum Gasteiger partial charge on any atom is -0.480 e. The van der Waals surface area contributed by atoms with Crippen molar-refractivity contribution in [3.8, 4) is 0 Å². The van der Waals surface area contributed by atoms with Crippen molar-refractivity contribution in [2.75, 3.05) is 6.26 Å². The van der Waals surface area contributed by atoms with Gasteiger partial charge < -0.3 is 10.0 Å². The number of benzene rings is 2. The van der Waals surface area contributed by atoms with Crippen LogP contribution in [0.15, 0.2) is 53.4 Å². The molecule has 1 heterocycles. The lowest BCUT2D eigenvalue weighted by Crippen LogP contribution is -2.49. The standard InChI is InChI=1S/C19H19NO5S/c1-26(24,25)17-9-5-4-7-14(17)11-18(21)20-12-15-8-3-2-6-13(15)10-16(20)19(22)23/h2-9,16H,10-12H2,1H3,(H,22,23). The number of carbonyl (C=O) groups is 2. The minimum atomic E-state index is -3.48. The molecule has 0 fully saturated rings. The monoisotopic (exact) mass is 373 g/mol. The Bertz CT molecular complexity index is 967. The van der Waals surface area contributed by atoms with Crippen molar-refractivity contribution in [2.24, 2.45) is 0 Å². The van der Waals surface area contributed by atoms with E-state index in [0.717, 1.165) is 17.4 Å². The normalized spacial score (nSPS) is 16.8. The zero-order valence-electron chi connectivity index (χ0n) is 14.3. The number of rotatable bonds is 4. The van der Waals surface area contributed by atoms with Gasteiger partial charge in [-0.15, -0.1) is 0 Å². The van der Waals surface area contributed by atoms with E-state index < -0.39 is 27.8 Å². The first-order valence-corrected chi connectivity index (χ1v) is 10.0. The molecule has 0 aromatic heterocycles. The summed E-state index contributed by atoms with van der Waals surface area (Å²) in [6.45, 7) is 0.201. The van der Waals surface area contributed by atoms with E-state index >= 15 is 0 Å². The number of sulfone groups is 1. The van der Waals surface area contributed by atoms with Crippen LogP contribution in [0.4, 0.5) is 0 Å². The van der Waals surface area contributed by atoms with Gasteiger partial charge in [0, 0.05) is 19.2 Å². The summed E-state index contributed by atoms with van der Waals surface area (Å²) in [7, 11) is -3.48. The Hall–Kier alpha value is -2.67. The Morgan fingerprint density at radius 2 is 1.69 bits per heavy atom. The van der Waals surface area contributed by atoms with Gasteiger partial charge in [-0.1, -0.05) is 42.5 Å². The predicted molar refractivity (Wildman–Crippen MR) is 95.4 cm³/mol. The Morgan fingerprint density at radius 1 is 1.08 bits per heavy atom. The molecule has 0 radical (unpaired) electrons. The van der Waals surface area contributed by atoms with Crippen LogP contribution in [-0.2, 0) is 38.8 Å². The van der Waals surface area contributed by atoms with Gasteiger partial charge >= 0.3 is 5.97 Å². The number of carboxylic acids is 1. The van der Waals surface area contributed by atoms with Crippen molar-refractivity contribution in [1.29, 1.82) is 0 Å². The molecule has 1 aliphatic rings. The summed E-state index contributed by atoms with van der Waals surface area (Å²) >= 11 is 0. The van der Waals surface area contributed by atoms with Crippen LogP contribution in [0.25, 0.3) is 0 Å². The van der Waals surface area contributed by atoms with Crippen molar-refractivity contribution in [3.05, 3.63) is 65.2 Å². The minimum absolute atomic E-state index is 0.0950. The smallest absolute Gasteiger partial charge is 0.326 e. The Morgan fingerprint density at radius 3 is 2.35 bits per heavy atom. The average molecular weight is 373 g/mol. The predicted octanol–water partition coefficient (Wildman–Crippen LogP) is 1.67. The highest BCUT2D eigenvalue weighted by molar-refractivity contribution is 7.90. The molecule has 1 amide bonds. The Labute approximate surface area is 152 Å². The second-order valence-corrected chi connectivity index (χ2v) is 8.39. The van der Waals surface area contributed by atoms with Gasteiger partial charge in [-0.2, -0.15) is 0 Å². The summed E-state index contributed by atoms with van der Waals surface area (Å²) < 4.78 is 23.9. The van der Waals surface area contributed by atoms with Crippen LogP contribution in [0, 0.1) is 0 Å². The van der Waals surface area contributed by atoms with Crippen molar-refractivity contribution < 1.29 is 23.1 Å². The first-order chi connectivity index (χ1) is 12.3. The Kier molecular flexibility index (Phi) is 4.82. The number of hydrogen-bond donors (Lipinski definition) is 1. The molecule has 3 rings (SSSR count). The fraction of sp³-hybridized carbons (Fsp3) is 0.263. The van der Waals surface area contributed by atoms with Gasteiger partial charge in [0.15, 0.2) is 9.84 Å². The van der Waals surface area contributed by atoms with Gasteiger partial charge in [0.1, 0.15) is 6.04 Å². The third-order valence-electron chi connectivity index (χ3n) is 4.57. The van der Waals surface area contributed by atoms with Gasteiger partial charge in [0.05, 0.1) is 11.3 Å². The molecule has 2 aromatic rings. The third kappa shape index (κ3) is 3.62. The molecule has 0 spiro atoms.